The van der Waals surface area contributed by atoms with Gasteiger partial charge in [0.15, 0.2) is 0 Å². The molecule has 0 amide bonds. The highest BCUT2D eigenvalue weighted by Gasteiger charge is 2.17. The van der Waals surface area contributed by atoms with Crippen molar-refractivity contribution >= 4 is 18.0 Å². The second-order valence-corrected chi connectivity index (χ2v) is 5.07. The Morgan fingerprint density at radius 1 is 1.44 bits per heavy atom. The number of benzene rings is 1. The maximum absolute atomic E-state index is 10.4. The van der Waals surface area contributed by atoms with Crippen LogP contribution in [0.25, 0.3) is 0 Å². The molecule has 0 bridgehead atoms. The van der Waals surface area contributed by atoms with Crippen LogP contribution in [0.15, 0.2) is 24.3 Å². The summed E-state index contributed by atoms with van der Waals surface area (Å²) >= 11 is 1.94. The van der Waals surface area contributed by atoms with Gasteiger partial charge in [0.05, 0.1) is 0 Å². The summed E-state index contributed by atoms with van der Waals surface area (Å²) < 4.78 is 5.97. The van der Waals surface area contributed by atoms with Crippen LogP contribution in [0.3, 0.4) is 0 Å². The number of thioether (sulfide) groups is 1. The molecule has 1 heterocycles. The molecule has 0 aliphatic carbocycles. The summed E-state index contributed by atoms with van der Waals surface area (Å²) in [6.07, 6.45) is 3.79. The fraction of sp³-hybridized carbons (Fsp3) is 0.462. The van der Waals surface area contributed by atoms with E-state index in [0.29, 0.717) is 12.5 Å². The molecular formula is C13H16O2S. The Kier molecular flexibility index (Phi) is 4.28. The third-order valence-corrected chi connectivity index (χ3v) is 3.82. The lowest BCUT2D eigenvalue weighted by Crippen LogP contribution is -2.15. The van der Waals surface area contributed by atoms with Crippen LogP contribution in [0.5, 0.6) is 5.75 Å². The van der Waals surface area contributed by atoms with Crippen molar-refractivity contribution in [2.24, 2.45) is 0 Å². The quantitative estimate of drug-likeness (QED) is 0.735. The van der Waals surface area contributed by atoms with Gasteiger partial charge in [0, 0.05) is 12.2 Å². The van der Waals surface area contributed by atoms with E-state index in [1.807, 2.05) is 36.0 Å². The second kappa shape index (κ2) is 5.94. The van der Waals surface area contributed by atoms with Gasteiger partial charge < -0.3 is 9.53 Å². The highest BCUT2D eigenvalue weighted by Crippen LogP contribution is 2.26. The first-order valence-corrected chi connectivity index (χ1v) is 6.81. The zero-order valence-corrected chi connectivity index (χ0v) is 10.0. The van der Waals surface area contributed by atoms with Gasteiger partial charge >= 0.3 is 0 Å². The van der Waals surface area contributed by atoms with Gasteiger partial charge in [-0.3, -0.25) is 0 Å². The number of rotatable bonds is 5. The fourth-order valence-electron chi connectivity index (χ4n) is 1.83. The van der Waals surface area contributed by atoms with Crippen molar-refractivity contribution in [3.05, 3.63) is 29.8 Å². The first kappa shape index (κ1) is 11.5. The monoisotopic (exact) mass is 236 g/mol. The Hall–Kier alpha value is -0.960. The number of aryl methyl sites for hydroxylation is 1. The number of aldehydes is 1. The summed E-state index contributed by atoms with van der Waals surface area (Å²) in [7, 11) is 0. The van der Waals surface area contributed by atoms with Crippen LogP contribution in [0.2, 0.25) is 0 Å². The smallest absolute Gasteiger partial charge is 0.122 e. The topological polar surface area (TPSA) is 26.3 Å². The van der Waals surface area contributed by atoms with Gasteiger partial charge in [0.25, 0.3) is 0 Å². The molecule has 2 rings (SSSR count). The van der Waals surface area contributed by atoms with E-state index in [2.05, 4.69) is 0 Å². The summed E-state index contributed by atoms with van der Waals surface area (Å²) in [6, 6.07) is 8.03. The van der Waals surface area contributed by atoms with Crippen LogP contribution in [0.1, 0.15) is 18.4 Å². The maximum Gasteiger partial charge on any atom is 0.122 e. The van der Waals surface area contributed by atoms with Gasteiger partial charge in [-0.05, 0) is 30.2 Å². The molecule has 0 spiro atoms. The van der Waals surface area contributed by atoms with Crippen LogP contribution >= 0.6 is 11.8 Å². The number of hydrogen-bond acceptors (Lipinski definition) is 3. The Balaban J connectivity index is 2.02. The van der Waals surface area contributed by atoms with Gasteiger partial charge in [-0.25, -0.2) is 0 Å². The van der Waals surface area contributed by atoms with Crippen molar-refractivity contribution in [1.82, 2.24) is 0 Å². The normalized spacial score (nSPS) is 19.6. The molecule has 86 valence electrons. The number of ether oxygens (including phenoxy) is 1. The highest BCUT2D eigenvalue weighted by atomic mass is 32.2. The van der Waals surface area contributed by atoms with E-state index >= 15 is 0 Å². The molecule has 0 saturated carbocycles. The number of para-hydroxylation sites is 1. The Bertz CT molecular complexity index is 346. The highest BCUT2D eigenvalue weighted by molar-refractivity contribution is 7.99. The summed E-state index contributed by atoms with van der Waals surface area (Å²) in [5.74, 6) is 3.24. The van der Waals surface area contributed by atoms with Crippen molar-refractivity contribution in [2.75, 3.05) is 11.5 Å². The number of carbonyl (C=O) groups is 1. The maximum atomic E-state index is 10.4. The molecule has 1 aliphatic heterocycles. The zero-order valence-electron chi connectivity index (χ0n) is 9.22. The van der Waals surface area contributed by atoms with Crippen LogP contribution in [0.4, 0.5) is 0 Å². The molecule has 1 aromatic rings. The molecule has 2 nitrogen and oxygen atoms in total. The predicted octanol–water partition coefficient (Wildman–Crippen LogP) is 2.70. The molecule has 1 atom stereocenters. The first-order valence-electron chi connectivity index (χ1n) is 5.66. The summed E-state index contributed by atoms with van der Waals surface area (Å²) in [5, 5.41) is 0. The third-order valence-electron chi connectivity index (χ3n) is 2.69. The molecule has 0 N–H and O–H groups in total. The van der Waals surface area contributed by atoms with E-state index in [9.17, 15) is 4.79 Å². The van der Waals surface area contributed by atoms with Gasteiger partial charge in [0.2, 0.25) is 0 Å². The molecule has 1 aromatic carbocycles. The average Bonchev–Trinajstić information content (AvgIpc) is 2.81. The largest absolute Gasteiger partial charge is 0.489 e. The first-order chi connectivity index (χ1) is 7.90. The van der Waals surface area contributed by atoms with E-state index in [-0.39, 0.29) is 0 Å². The fourth-order valence-corrected chi connectivity index (χ4v) is 2.92. The van der Waals surface area contributed by atoms with Crippen molar-refractivity contribution in [2.45, 2.75) is 25.4 Å². The lowest BCUT2D eigenvalue weighted by atomic mass is 10.1. The molecule has 1 saturated heterocycles. The minimum atomic E-state index is 0.349. The second-order valence-electron chi connectivity index (χ2n) is 3.92. The predicted molar refractivity (Wildman–Crippen MR) is 67.2 cm³/mol. The third kappa shape index (κ3) is 3.01. The van der Waals surface area contributed by atoms with Gasteiger partial charge in [-0.1, -0.05) is 18.2 Å². The average molecular weight is 236 g/mol. The summed E-state index contributed by atoms with van der Waals surface area (Å²) in [6.45, 7) is 0. The molecule has 0 radical (unpaired) electrons. The zero-order chi connectivity index (χ0) is 11.2. The van der Waals surface area contributed by atoms with Gasteiger partial charge in [-0.2, -0.15) is 11.8 Å². The van der Waals surface area contributed by atoms with E-state index in [0.717, 1.165) is 36.2 Å². The van der Waals surface area contributed by atoms with Gasteiger partial charge in [-0.15, -0.1) is 0 Å². The van der Waals surface area contributed by atoms with Crippen LogP contribution < -0.4 is 4.74 Å². The van der Waals surface area contributed by atoms with E-state index < -0.39 is 0 Å². The molecular weight excluding hydrogens is 220 g/mol. The van der Waals surface area contributed by atoms with Crippen molar-refractivity contribution in [1.29, 1.82) is 0 Å². The molecule has 0 aromatic heterocycles. The van der Waals surface area contributed by atoms with Gasteiger partial charge in [0.1, 0.15) is 18.1 Å². The Morgan fingerprint density at radius 3 is 3.06 bits per heavy atom. The minimum Gasteiger partial charge on any atom is -0.489 e. The van der Waals surface area contributed by atoms with Crippen LogP contribution in [-0.2, 0) is 11.2 Å². The lowest BCUT2D eigenvalue weighted by molar-refractivity contribution is -0.107. The van der Waals surface area contributed by atoms with Crippen molar-refractivity contribution in [3.63, 3.8) is 0 Å². The molecule has 1 unspecified atom stereocenters. The molecule has 16 heavy (non-hydrogen) atoms. The van der Waals surface area contributed by atoms with Crippen molar-refractivity contribution in [3.8, 4) is 5.75 Å². The van der Waals surface area contributed by atoms with E-state index in [4.69, 9.17) is 4.74 Å². The molecule has 1 fully saturated rings. The van der Waals surface area contributed by atoms with Crippen LogP contribution in [-0.4, -0.2) is 23.9 Å². The number of carbonyl (C=O) groups excluding carboxylic acids is 1. The standard InChI is InChI=1S/C13H16O2S/c14-8-3-5-11-4-1-2-6-13(11)15-12-7-9-16-10-12/h1-2,4,6,8,12H,3,5,7,9-10H2. The van der Waals surface area contributed by atoms with E-state index in [1.54, 1.807) is 0 Å². The molecule has 3 heteroatoms. The number of hydrogen-bond donors (Lipinski definition) is 0. The lowest BCUT2D eigenvalue weighted by Gasteiger charge is -2.15. The Labute approximate surface area is 100 Å². The minimum absolute atomic E-state index is 0.349. The van der Waals surface area contributed by atoms with Crippen LogP contribution in [0, 0.1) is 0 Å². The summed E-state index contributed by atoms with van der Waals surface area (Å²) in [4.78, 5) is 10.4. The Morgan fingerprint density at radius 2 is 2.31 bits per heavy atom. The SMILES string of the molecule is O=CCCc1ccccc1OC1CCSC1. The molecule has 1 aliphatic rings. The van der Waals surface area contributed by atoms with Crippen molar-refractivity contribution < 1.29 is 9.53 Å². The van der Waals surface area contributed by atoms with E-state index in [1.165, 1.54) is 5.75 Å². The summed E-state index contributed by atoms with van der Waals surface area (Å²) in [5.41, 5.74) is 1.14.